The van der Waals surface area contributed by atoms with Gasteiger partial charge in [0.1, 0.15) is 12.4 Å². The van der Waals surface area contributed by atoms with Crippen LogP contribution >= 0.6 is 0 Å². The van der Waals surface area contributed by atoms with E-state index < -0.39 is 5.79 Å². The van der Waals surface area contributed by atoms with Crippen LogP contribution < -0.4 is 0 Å². The quantitative estimate of drug-likeness (QED) is 0.762. The van der Waals surface area contributed by atoms with Gasteiger partial charge in [-0.15, -0.1) is 0 Å². The van der Waals surface area contributed by atoms with Crippen molar-refractivity contribution in [2.45, 2.75) is 5.79 Å². The fourth-order valence-corrected chi connectivity index (χ4v) is 1.68. The highest BCUT2D eigenvalue weighted by Gasteiger charge is 2.38. The van der Waals surface area contributed by atoms with Crippen LogP contribution in [0.4, 0.5) is 4.39 Å². The summed E-state index contributed by atoms with van der Waals surface area (Å²) in [5, 5.41) is 0. The van der Waals surface area contributed by atoms with Gasteiger partial charge in [-0.1, -0.05) is 12.1 Å². The summed E-state index contributed by atoms with van der Waals surface area (Å²) in [4.78, 5) is 0. The first-order valence-electron chi connectivity index (χ1n) is 4.80. The van der Waals surface area contributed by atoms with Crippen molar-refractivity contribution in [3.63, 3.8) is 0 Å². The van der Waals surface area contributed by atoms with Crippen LogP contribution in [0.1, 0.15) is 5.56 Å². The summed E-state index contributed by atoms with van der Waals surface area (Å²) in [5.41, 5.74) is 0.781. The lowest BCUT2D eigenvalue weighted by molar-refractivity contribution is -0.197. The molecule has 1 aromatic rings. The lowest BCUT2D eigenvalue weighted by Gasteiger charge is -2.26. The Bertz CT molecular complexity index is 317. The van der Waals surface area contributed by atoms with Gasteiger partial charge in [0.2, 0.25) is 5.79 Å². The number of methoxy groups -OCH3 is 1. The van der Waals surface area contributed by atoms with Gasteiger partial charge in [0.25, 0.3) is 0 Å². The second-order valence-corrected chi connectivity index (χ2v) is 3.39. The fourth-order valence-electron chi connectivity index (χ4n) is 1.68. The molecule has 1 heterocycles. The van der Waals surface area contributed by atoms with Crippen LogP contribution in [0.3, 0.4) is 0 Å². The summed E-state index contributed by atoms with van der Waals surface area (Å²) in [7, 11) is 1.58. The number of hydrogen-bond acceptors (Lipinski definition) is 3. The van der Waals surface area contributed by atoms with Crippen molar-refractivity contribution in [2.75, 3.05) is 26.9 Å². The average Bonchev–Trinajstić information content (AvgIpc) is 2.69. The van der Waals surface area contributed by atoms with Crippen LogP contribution in [0.25, 0.3) is 0 Å². The maximum Gasteiger partial charge on any atom is 0.219 e. The maximum absolute atomic E-state index is 12.8. The summed E-state index contributed by atoms with van der Waals surface area (Å²) in [6.07, 6.45) is 0. The summed E-state index contributed by atoms with van der Waals surface area (Å²) < 4.78 is 28.9. The second kappa shape index (κ2) is 4.26. The molecule has 0 radical (unpaired) electrons. The van der Waals surface area contributed by atoms with Crippen LogP contribution in [0, 0.1) is 5.82 Å². The standard InChI is InChI=1S/C11H13FO3/c1-13-8-11(14-6-7-15-11)9-2-4-10(12)5-3-9/h2-5H,6-8H2,1H3. The molecular weight excluding hydrogens is 199 g/mol. The van der Waals surface area contributed by atoms with Crippen LogP contribution in [0.5, 0.6) is 0 Å². The predicted molar refractivity (Wildman–Crippen MR) is 51.9 cm³/mol. The minimum Gasteiger partial charge on any atom is -0.379 e. The number of halogens is 1. The zero-order chi connectivity index (χ0) is 10.7. The van der Waals surface area contributed by atoms with E-state index in [1.54, 1.807) is 19.2 Å². The van der Waals surface area contributed by atoms with Gasteiger partial charge >= 0.3 is 0 Å². The number of hydrogen-bond donors (Lipinski definition) is 0. The molecule has 0 N–H and O–H groups in total. The highest BCUT2D eigenvalue weighted by Crippen LogP contribution is 2.31. The molecular formula is C11H13FO3. The molecule has 0 bridgehead atoms. The molecule has 15 heavy (non-hydrogen) atoms. The molecule has 1 aromatic carbocycles. The lowest BCUT2D eigenvalue weighted by Crippen LogP contribution is -2.32. The van der Waals surface area contributed by atoms with Gasteiger partial charge in [0.15, 0.2) is 0 Å². The molecule has 0 amide bonds. The molecule has 1 fully saturated rings. The van der Waals surface area contributed by atoms with Crippen LogP contribution in [-0.2, 0) is 20.0 Å². The summed E-state index contributed by atoms with van der Waals surface area (Å²) in [6, 6.07) is 6.08. The third-order valence-corrected chi connectivity index (χ3v) is 2.37. The van der Waals surface area contributed by atoms with E-state index in [1.165, 1.54) is 12.1 Å². The Morgan fingerprint density at radius 2 is 1.87 bits per heavy atom. The van der Waals surface area contributed by atoms with E-state index in [2.05, 4.69) is 0 Å². The smallest absolute Gasteiger partial charge is 0.219 e. The molecule has 0 aromatic heterocycles. The first kappa shape index (κ1) is 10.5. The molecule has 0 saturated carbocycles. The van der Waals surface area contributed by atoms with Crippen molar-refractivity contribution in [3.8, 4) is 0 Å². The fraction of sp³-hybridized carbons (Fsp3) is 0.455. The Morgan fingerprint density at radius 1 is 1.27 bits per heavy atom. The van der Waals surface area contributed by atoms with Gasteiger partial charge in [-0.05, 0) is 12.1 Å². The zero-order valence-corrected chi connectivity index (χ0v) is 8.53. The zero-order valence-electron chi connectivity index (χ0n) is 8.53. The van der Waals surface area contributed by atoms with Gasteiger partial charge in [-0.2, -0.15) is 0 Å². The van der Waals surface area contributed by atoms with E-state index in [-0.39, 0.29) is 5.82 Å². The Kier molecular flexibility index (Phi) is 3.00. The minimum absolute atomic E-state index is 0.274. The van der Waals surface area contributed by atoms with Gasteiger partial charge in [0, 0.05) is 12.7 Å². The van der Waals surface area contributed by atoms with Crippen molar-refractivity contribution in [1.82, 2.24) is 0 Å². The first-order valence-corrected chi connectivity index (χ1v) is 4.80. The van der Waals surface area contributed by atoms with E-state index in [9.17, 15) is 4.39 Å². The third-order valence-electron chi connectivity index (χ3n) is 2.37. The molecule has 0 spiro atoms. The van der Waals surface area contributed by atoms with E-state index >= 15 is 0 Å². The summed E-state index contributed by atoms with van der Waals surface area (Å²) in [5.74, 6) is -1.13. The molecule has 1 aliphatic rings. The van der Waals surface area contributed by atoms with Crippen molar-refractivity contribution in [3.05, 3.63) is 35.6 Å². The third kappa shape index (κ3) is 2.02. The van der Waals surface area contributed by atoms with Crippen LogP contribution in [0.2, 0.25) is 0 Å². The lowest BCUT2D eigenvalue weighted by atomic mass is 10.1. The highest BCUT2D eigenvalue weighted by molar-refractivity contribution is 5.22. The second-order valence-electron chi connectivity index (χ2n) is 3.39. The molecule has 0 aliphatic carbocycles. The van der Waals surface area contributed by atoms with Crippen molar-refractivity contribution >= 4 is 0 Å². The molecule has 1 saturated heterocycles. The van der Waals surface area contributed by atoms with Crippen molar-refractivity contribution in [2.24, 2.45) is 0 Å². The Morgan fingerprint density at radius 3 is 2.40 bits per heavy atom. The number of ether oxygens (including phenoxy) is 3. The van der Waals surface area contributed by atoms with Crippen molar-refractivity contribution in [1.29, 1.82) is 0 Å². The molecule has 2 rings (SSSR count). The van der Waals surface area contributed by atoms with Gasteiger partial charge < -0.3 is 14.2 Å². The number of rotatable bonds is 3. The van der Waals surface area contributed by atoms with Crippen LogP contribution in [-0.4, -0.2) is 26.9 Å². The molecule has 0 unspecified atom stereocenters. The van der Waals surface area contributed by atoms with E-state index in [4.69, 9.17) is 14.2 Å². The van der Waals surface area contributed by atoms with Crippen molar-refractivity contribution < 1.29 is 18.6 Å². The topological polar surface area (TPSA) is 27.7 Å². The maximum atomic E-state index is 12.8. The van der Waals surface area contributed by atoms with Gasteiger partial charge in [-0.25, -0.2) is 4.39 Å². The SMILES string of the molecule is COCC1(c2ccc(F)cc2)OCCO1. The molecule has 0 atom stereocenters. The average molecular weight is 212 g/mol. The Labute approximate surface area is 87.8 Å². The van der Waals surface area contributed by atoms with Gasteiger partial charge in [-0.3, -0.25) is 0 Å². The van der Waals surface area contributed by atoms with E-state index in [1.807, 2.05) is 0 Å². The minimum atomic E-state index is -0.859. The van der Waals surface area contributed by atoms with E-state index in [0.29, 0.717) is 19.8 Å². The number of benzene rings is 1. The normalized spacial score (nSPS) is 19.3. The summed E-state index contributed by atoms with van der Waals surface area (Å²) in [6.45, 7) is 1.36. The molecule has 1 aliphatic heterocycles. The highest BCUT2D eigenvalue weighted by atomic mass is 19.1. The predicted octanol–water partition coefficient (Wildman–Crippen LogP) is 1.67. The Balaban J connectivity index is 2.28. The largest absolute Gasteiger partial charge is 0.379 e. The monoisotopic (exact) mass is 212 g/mol. The first-order chi connectivity index (χ1) is 7.27. The van der Waals surface area contributed by atoms with Gasteiger partial charge in [0.05, 0.1) is 13.2 Å². The Hall–Kier alpha value is -0.970. The van der Waals surface area contributed by atoms with E-state index in [0.717, 1.165) is 5.56 Å². The van der Waals surface area contributed by atoms with Crippen LogP contribution in [0.15, 0.2) is 24.3 Å². The molecule has 82 valence electrons. The molecule has 3 nitrogen and oxygen atoms in total. The molecule has 4 heteroatoms. The summed E-state index contributed by atoms with van der Waals surface area (Å²) >= 11 is 0.